The second-order valence-electron chi connectivity index (χ2n) is 8.15. The van der Waals surface area contributed by atoms with Crippen molar-refractivity contribution in [3.05, 3.63) is 76.6 Å². The van der Waals surface area contributed by atoms with Gasteiger partial charge in [-0.3, -0.25) is 19.3 Å². The van der Waals surface area contributed by atoms with E-state index in [9.17, 15) is 14.4 Å². The van der Waals surface area contributed by atoms with Crippen LogP contribution in [0.2, 0.25) is 0 Å². The van der Waals surface area contributed by atoms with Gasteiger partial charge in [0.2, 0.25) is 11.3 Å². The van der Waals surface area contributed by atoms with Crippen molar-refractivity contribution in [2.45, 2.75) is 13.1 Å². The highest BCUT2D eigenvalue weighted by atomic mass is 16.5. The van der Waals surface area contributed by atoms with Gasteiger partial charge in [-0.15, -0.1) is 0 Å². The highest BCUT2D eigenvalue weighted by Crippen LogP contribution is 2.16. The van der Waals surface area contributed by atoms with E-state index < -0.39 is 0 Å². The number of rotatable bonds is 8. The molecule has 3 aromatic rings. The predicted molar refractivity (Wildman–Crippen MR) is 129 cm³/mol. The molecule has 1 aromatic carbocycles. The van der Waals surface area contributed by atoms with Crippen molar-refractivity contribution in [2.75, 3.05) is 45.7 Å². The third-order valence-corrected chi connectivity index (χ3v) is 5.87. The molecular formula is C25H28N4O6. The average Bonchev–Trinajstić information content (AvgIpc) is 3.41. The Morgan fingerprint density at radius 1 is 1.03 bits per heavy atom. The molecule has 2 amide bonds. The number of piperazine rings is 1. The molecular weight excluding hydrogens is 452 g/mol. The van der Waals surface area contributed by atoms with E-state index in [0.717, 1.165) is 0 Å². The lowest BCUT2D eigenvalue weighted by molar-refractivity contribution is -0.116. The third kappa shape index (κ3) is 5.90. The van der Waals surface area contributed by atoms with Crippen LogP contribution in [0.25, 0.3) is 0 Å². The second kappa shape index (κ2) is 10.9. The van der Waals surface area contributed by atoms with Crippen LogP contribution in [0.1, 0.15) is 16.2 Å². The fraction of sp³-hybridized carbons (Fsp3) is 0.320. The first-order valence-corrected chi connectivity index (χ1v) is 11.2. The molecule has 1 aliphatic rings. The minimum Gasteiger partial charge on any atom is -0.497 e. The zero-order valence-corrected chi connectivity index (χ0v) is 19.7. The largest absolute Gasteiger partial charge is 0.497 e. The van der Waals surface area contributed by atoms with Crippen LogP contribution in [0.5, 0.6) is 11.5 Å². The standard InChI is InChI=1S/C25H28N4O6/c1-33-20-7-5-18(6-8-20)26-24(31)17-29-16-23(34-2)21(30)14-19(29)15-27-9-11-28(12-10-27)25(32)22-4-3-13-35-22/h3-8,13-14,16H,9-12,15,17H2,1-2H3,(H,26,31). The lowest BCUT2D eigenvalue weighted by atomic mass is 10.2. The van der Waals surface area contributed by atoms with Crippen LogP contribution in [0, 0.1) is 0 Å². The maximum atomic E-state index is 12.7. The van der Waals surface area contributed by atoms with E-state index in [0.29, 0.717) is 55.6 Å². The third-order valence-electron chi connectivity index (χ3n) is 5.87. The summed E-state index contributed by atoms with van der Waals surface area (Å²) in [5.74, 6) is 0.814. The zero-order chi connectivity index (χ0) is 24.8. The normalized spacial score (nSPS) is 13.9. The van der Waals surface area contributed by atoms with Gasteiger partial charge in [0.15, 0.2) is 11.5 Å². The second-order valence-corrected chi connectivity index (χ2v) is 8.15. The van der Waals surface area contributed by atoms with Gasteiger partial charge in [-0.25, -0.2) is 0 Å². The minimum atomic E-state index is -0.249. The van der Waals surface area contributed by atoms with Gasteiger partial charge in [0, 0.05) is 50.2 Å². The number of hydrogen-bond acceptors (Lipinski definition) is 7. The Bertz CT molecular complexity index is 1210. The molecule has 2 aromatic heterocycles. The molecule has 0 aliphatic carbocycles. The molecule has 0 unspecified atom stereocenters. The first kappa shape index (κ1) is 24.1. The number of hydrogen-bond donors (Lipinski definition) is 1. The SMILES string of the molecule is COc1ccc(NC(=O)Cn2cc(OC)c(=O)cc2CN2CCN(C(=O)c3ccco3)CC2)cc1. The molecule has 0 atom stereocenters. The number of methoxy groups -OCH3 is 2. The van der Waals surface area contributed by atoms with E-state index >= 15 is 0 Å². The quantitative estimate of drug-likeness (QED) is 0.526. The van der Waals surface area contributed by atoms with E-state index in [4.69, 9.17) is 13.9 Å². The van der Waals surface area contributed by atoms with Crippen molar-refractivity contribution in [2.24, 2.45) is 0 Å². The van der Waals surface area contributed by atoms with Crippen LogP contribution in [0.3, 0.4) is 0 Å². The topological polar surface area (TPSA) is 106 Å². The summed E-state index contributed by atoms with van der Waals surface area (Å²) in [6.45, 7) is 2.80. The summed E-state index contributed by atoms with van der Waals surface area (Å²) in [4.78, 5) is 41.6. The predicted octanol–water partition coefficient (Wildman–Crippen LogP) is 2.06. The van der Waals surface area contributed by atoms with E-state index in [2.05, 4.69) is 10.2 Å². The summed E-state index contributed by atoms with van der Waals surface area (Å²) in [6.07, 6.45) is 3.04. The van der Waals surface area contributed by atoms with Gasteiger partial charge in [0.05, 0.1) is 26.7 Å². The molecule has 1 N–H and O–H groups in total. The Kier molecular flexibility index (Phi) is 7.51. The van der Waals surface area contributed by atoms with Crippen molar-refractivity contribution >= 4 is 17.5 Å². The van der Waals surface area contributed by atoms with Crippen LogP contribution >= 0.6 is 0 Å². The number of amides is 2. The number of nitrogens with one attached hydrogen (secondary N) is 1. The van der Waals surface area contributed by atoms with Crippen LogP contribution in [0.4, 0.5) is 5.69 Å². The molecule has 1 aliphatic heterocycles. The summed E-state index contributed by atoms with van der Waals surface area (Å²) in [5, 5.41) is 2.86. The maximum Gasteiger partial charge on any atom is 0.289 e. The molecule has 0 radical (unpaired) electrons. The van der Waals surface area contributed by atoms with Gasteiger partial charge >= 0.3 is 0 Å². The number of carbonyl (C=O) groups is 2. The molecule has 10 nitrogen and oxygen atoms in total. The van der Waals surface area contributed by atoms with Gasteiger partial charge in [0.1, 0.15) is 12.3 Å². The smallest absolute Gasteiger partial charge is 0.289 e. The van der Waals surface area contributed by atoms with Crippen molar-refractivity contribution in [3.63, 3.8) is 0 Å². The Morgan fingerprint density at radius 2 is 1.77 bits per heavy atom. The number of benzene rings is 1. The molecule has 0 bridgehead atoms. The molecule has 1 saturated heterocycles. The van der Waals surface area contributed by atoms with Gasteiger partial charge in [-0.05, 0) is 36.4 Å². The number of furan rings is 1. The van der Waals surface area contributed by atoms with Crippen molar-refractivity contribution < 1.29 is 23.5 Å². The first-order valence-electron chi connectivity index (χ1n) is 11.2. The van der Waals surface area contributed by atoms with Gasteiger partial charge in [-0.1, -0.05) is 0 Å². The summed E-state index contributed by atoms with van der Waals surface area (Å²) < 4.78 is 17.3. The van der Waals surface area contributed by atoms with Gasteiger partial charge < -0.3 is 28.7 Å². The minimum absolute atomic E-state index is 0.00888. The Labute approximate surface area is 202 Å². The Balaban J connectivity index is 1.42. The van der Waals surface area contributed by atoms with E-state index in [-0.39, 0.29) is 29.5 Å². The van der Waals surface area contributed by atoms with Crippen LogP contribution in [-0.4, -0.2) is 66.6 Å². The Hall–Kier alpha value is -4.05. The highest BCUT2D eigenvalue weighted by molar-refractivity contribution is 5.91. The first-order chi connectivity index (χ1) is 17.0. The monoisotopic (exact) mass is 480 g/mol. The molecule has 35 heavy (non-hydrogen) atoms. The number of aromatic nitrogens is 1. The highest BCUT2D eigenvalue weighted by Gasteiger charge is 2.24. The summed E-state index contributed by atoms with van der Waals surface area (Å²) >= 11 is 0. The number of nitrogens with zero attached hydrogens (tertiary/aromatic N) is 3. The Morgan fingerprint density at radius 3 is 2.40 bits per heavy atom. The molecule has 1 fully saturated rings. The van der Waals surface area contributed by atoms with Crippen LogP contribution < -0.4 is 20.2 Å². The van der Waals surface area contributed by atoms with Crippen molar-refractivity contribution in [1.82, 2.24) is 14.4 Å². The summed E-state index contributed by atoms with van der Waals surface area (Å²) in [5.41, 5.74) is 1.08. The summed E-state index contributed by atoms with van der Waals surface area (Å²) in [7, 11) is 3.00. The number of anilines is 1. The van der Waals surface area contributed by atoms with E-state index in [1.54, 1.807) is 59.2 Å². The van der Waals surface area contributed by atoms with Gasteiger partial charge in [0.25, 0.3) is 5.91 Å². The molecule has 4 rings (SSSR count). The molecule has 0 saturated carbocycles. The number of carbonyl (C=O) groups excluding carboxylic acids is 2. The zero-order valence-electron chi connectivity index (χ0n) is 19.7. The fourth-order valence-corrected chi connectivity index (χ4v) is 3.95. The van der Waals surface area contributed by atoms with Crippen molar-refractivity contribution in [1.29, 1.82) is 0 Å². The molecule has 3 heterocycles. The average molecular weight is 481 g/mol. The lowest BCUT2D eigenvalue weighted by Gasteiger charge is -2.34. The van der Waals surface area contributed by atoms with Crippen LogP contribution in [-0.2, 0) is 17.9 Å². The van der Waals surface area contributed by atoms with Gasteiger partial charge in [-0.2, -0.15) is 0 Å². The molecule has 10 heteroatoms. The fourth-order valence-electron chi connectivity index (χ4n) is 3.95. The molecule has 184 valence electrons. The maximum absolute atomic E-state index is 12.7. The number of pyridine rings is 1. The lowest BCUT2D eigenvalue weighted by Crippen LogP contribution is -2.48. The van der Waals surface area contributed by atoms with E-state index in [1.165, 1.54) is 19.4 Å². The van der Waals surface area contributed by atoms with E-state index in [1.807, 2.05) is 0 Å². The van der Waals surface area contributed by atoms with Crippen LogP contribution in [0.15, 0.2) is 64.1 Å². The molecule has 0 spiro atoms. The number of ether oxygens (including phenoxy) is 2. The van der Waals surface area contributed by atoms with Crippen molar-refractivity contribution in [3.8, 4) is 11.5 Å². The summed E-state index contributed by atoms with van der Waals surface area (Å²) in [6, 6.07) is 11.9.